The van der Waals surface area contributed by atoms with Crippen molar-refractivity contribution >= 4 is 24.0 Å². The van der Waals surface area contributed by atoms with Gasteiger partial charge in [0, 0.05) is 7.05 Å². The van der Waals surface area contributed by atoms with Gasteiger partial charge in [-0.1, -0.05) is 0 Å². The highest BCUT2D eigenvalue weighted by Gasteiger charge is 2.05. The zero-order valence-electron chi connectivity index (χ0n) is 6.58. The first-order valence-corrected chi connectivity index (χ1v) is 3.51. The first-order valence-electron chi connectivity index (χ1n) is 3.13. The molecule has 0 saturated carbocycles. The molecule has 12 heavy (non-hydrogen) atoms. The molecule has 0 fully saturated rings. The van der Waals surface area contributed by atoms with Crippen LogP contribution in [-0.4, -0.2) is 28.4 Å². The topological polar surface area (TPSA) is 59.0 Å². The Morgan fingerprint density at radius 1 is 1.42 bits per heavy atom. The normalized spacial score (nSPS) is 9.58. The largest absolute Gasteiger partial charge is 0.319 e. The quantitative estimate of drug-likeness (QED) is 0.624. The Kier molecular flexibility index (Phi) is 2.54. The van der Waals surface area contributed by atoms with Crippen LogP contribution in [0, 0.1) is 6.92 Å². The molecule has 0 saturated heterocycles. The highest BCUT2D eigenvalue weighted by atomic mass is 35.5. The lowest BCUT2D eigenvalue weighted by Crippen LogP contribution is -2.17. The van der Waals surface area contributed by atoms with Crippen molar-refractivity contribution in [1.82, 2.24) is 15.0 Å². The highest BCUT2D eigenvalue weighted by Crippen LogP contribution is 2.07. The number of aryl methyl sites for hydroxylation is 1. The third-order valence-electron chi connectivity index (χ3n) is 1.15. The van der Waals surface area contributed by atoms with Crippen LogP contribution in [0.25, 0.3) is 0 Å². The second-order valence-corrected chi connectivity index (χ2v) is 2.44. The molecule has 1 rings (SSSR count). The smallest absolute Gasteiger partial charge is 0.275 e. The van der Waals surface area contributed by atoms with Gasteiger partial charge in [0.25, 0.3) is 0 Å². The van der Waals surface area contributed by atoms with E-state index < -0.39 is 0 Å². The Balaban J connectivity index is 3.08. The van der Waals surface area contributed by atoms with Gasteiger partial charge in [0.2, 0.25) is 11.2 Å². The molecule has 0 atom stereocenters. The monoisotopic (exact) mass is 185 g/mol. The summed E-state index contributed by atoms with van der Waals surface area (Å²) in [6.07, 6.45) is 1.61. The molecule has 0 aliphatic carbocycles. The maximum absolute atomic E-state index is 10.2. The third-order valence-corrected chi connectivity index (χ3v) is 1.31. The van der Waals surface area contributed by atoms with Gasteiger partial charge in [0.1, 0.15) is 5.82 Å². The summed E-state index contributed by atoms with van der Waals surface area (Å²) in [6, 6.07) is 0. The zero-order chi connectivity index (χ0) is 9.14. The minimum absolute atomic E-state index is 0.0691. The predicted molar refractivity (Wildman–Crippen MR) is 43.7 cm³/mol. The fourth-order valence-electron chi connectivity index (χ4n) is 0.627. The van der Waals surface area contributed by atoms with Gasteiger partial charge in [-0.3, -0.25) is 9.69 Å². The third kappa shape index (κ3) is 1.88. The molecule has 1 heterocycles. The van der Waals surface area contributed by atoms with Gasteiger partial charge in [-0.15, -0.1) is 0 Å². The standard InChI is InChI=1S/C6H6ClN4O/c1-4-8-5(7)10-6(9-4)11(2)3-12/h1-2H3. The summed E-state index contributed by atoms with van der Waals surface area (Å²) in [5.41, 5.74) is 0. The van der Waals surface area contributed by atoms with Gasteiger partial charge in [-0.05, 0) is 18.5 Å². The number of carbonyl (C=O) groups excluding carboxylic acids is 1. The van der Waals surface area contributed by atoms with Crippen molar-refractivity contribution in [1.29, 1.82) is 0 Å². The summed E-state index contributed by atoms with van der Waals surface area (Å²) in [7, 11) is 1.48. The van der Waals surface area contributed by atoms with E-state index >= 15 is 0 Å². The van der Waals surface area contributed by atoms with Crippen LogP contribution in [0.3, 0.4) is 0 Å². The average molecular weight is 186 g/mol. The lowest BCUT2D eigenvalue weighted by molar-refractivity contribution is 0.553. The molecule has 0 spiro atoms. The van der Waals surface area contributed by atoms with E-state index in [0.29, 0.717) is 5.82 Å². The number of anilines is 1. The Hall–Kier alpha value is -1.23. The van der Waals surface area contributed by atoms with Gasteiger partial charge < -0.3 is 0 Å². The molecule has 0 aromatic carbocycles. The number of rotatable bonds is 2. The van der Waals surface area contributed by atoms with Crippen molar-refractivity contribution in [2.24, 2.45) is 0 Å². The zero-order valence-corrected chi connectivity index (χ0v) is 7.33. The van der Waals surface area contributed by atoms with Crippen LogP contribution < -0.4 is 4.90 Å². The molecule has 0 N–H and O–H groups in total. The van der Waals surface area contributed by atoms with Gasteiger partial charge in [-0.25, -0.2) is 4.98 Å². The summed E-state index contributed by atoms with van der Waals surface area (Å²) in [4.78, 5) is 22.6. The summed E-state index contributed by atoms with van der Waals surface area (Å²) >= 11 is 5.53. The van der Waals surface area contributed by atoms with Crippen molar-refractivity contribution in [2.45, 2.75) is 6.92 Å². The molecule has 0 aliphatic rings. The van der Waals surface area contributed by atoms with Crippen molar-refractivity contribution in [3.05, 3.63) is 11.1 Å². The molecule has 0 bridgehead atoms. The van der Waals surface area contributed by atoms with Gasteiger partial charge in [-0.2, -0.15) is 9.97 Å². The van der Waals surface area contributed by atoms with E-state index in [1.165, 1.54) is 7.05 Å². The van der Waals surface area contributed by atoms with E-state index in [2.05, 4.69) is 15.0 Å². The highest BCUT2D eigenvalue weighted by molar-refractivity contribution is 6.28. The molecule has 6 heteroatoms. The molecule has 5 nitrogen and oxygen atoms in total. The number of nitrogens with zero attached hydrogens (tertiary/aromatic N) is 4. The van der Waals surface area contributed by atoms with E-state index in [-0.39, 0.29) is 11.2 Å². The molecule has 1 aromatic heterocycles. The average Bonchev–Trinajstić information content (AvgIpc) is 2.01. The van der Waals surface area contributed by atoms with Crippen LogP contribution in [0.1, 0.15) is 5.82 Å². The first-order chi connectivity index (χ1) is 5.63. The van der Waals surface area contributed by atoms with E-state index in [1.807, 2.05) is 0 Å². The van der Waals surface area contributed by atoms with Crippen molar-refractivity contribution in [2.75, 3.05) is 11.9 Å². The van der Waals surface area contributed by atoms with Crippen molar-refractivity contribution < 1.29 is 4.79 Å². The molecule has 1 aromatic rings. The fraction of sp³-hybridized carbons (Fsp3) is 0.333. The summed E-state index contributed by atoms with van der Waals surface area (Å²) in [6.45, 7) is 1.66. The maximum Gasteiger partial charge on any atom is 0.319 e. The predicted octanol–water partition coefficient (Wildman–Crippen LogP) is 0.337. The van der Waals surface area contributed by atoms with E-state index in [9.17, 15) is 4.79 Å². The minimum atomic E-state index is 0.0691. The number of hydrogen-bond acceptors (Lipinski definition) is 4. The Bertz CT molecular complexity index is 283. The van der Waals surface area contributed by atoms with E-state index in [0.717, 1.165) is 4.90 Å². The van der Waals surface area contributed by atoms with Crippen LogP contribution >= 0.6 is 11.6 Å². The maximum atomic E-state index is 10.2. The lowest BCUT2D eigenvalue weighted by Gasteiger charge is -2.06. The second kappa shape index (κ2) is 3.44. The Morgan fingerprint density at radius 2 is 2.08 bits per heavy atom. The molecular weight excluding hydrogens is 180 g/mol. The number of aromatic nitrogens is 3. The van der Waals surface area contributed by atoms with Crippen molar-refractivity contribution in [3.8, 4) is 0 Å². The molecule has 1 radical (unpaired) electrons. The minimum Gasteiger partial charge on any atom is -0.275 e. The fourth-order valence-corrected chi connectivity index (χ4v) is 0.824. The van der Waals surface area contributed by atoms with Crippen LogP contribution in [-0.2, 0) is 4.79 Å². The summed E-state index contributed by atoms with van der Waals surface area (Å²) in [5.74, 6) is 0.662. The molecular formula is C6H6ClN4O. The van der Waals surface area contributed by atoms with Crippen LogP contribution in [0.15, 0.2) is 0 Å². The summed E-state index contributed by atoms with van der Waals surface area (Å²) < 4.78 is 0. The van der Waals surface area contributed by atoms with E-state index in [1.54, 1.807) is 13.3 Å². The van der Waals surface area contributed by atoms with Gasteiger partial charge in [0.05, 0.1) is 0 Å². The van der Waals surface area contributed by atoms with Crippen LogP contribution in [0.4, 0.5) is 5.95 Å². The number of amides is 1. The lowest BCUT2D eigenvalue weighted by atomic mass is 10.7. The van der Waals surface area contributed by atoms with Crippen LogP contribution in [0.5, 0.6) is 0 Å². The molecule has 63 valence electrons. The molecule has 1 amide bonds. The second-order valence-electron chi connectivity index (χ2n) is 2.10. The Morgan fingerprint density at radius 3 is 2.58 bits per heavy atom. The first kappa shape index (κ1) is 8.86. The van der Waals surface area contributed by atoms with Gasteiger partial charge >= 0.3 is 6.41 Å². The number of hydrogen-bond donors (Lipinski definition) is 0. The van der Waals surface area contributed by atoms with Crippen LogP contribution in [0.2, 0.25) is 5.28 Å². The van der Waals surface area contributed by atoms with Crippen molar-refractivity contribution in [3.63, 3.8) is 0 Å². The number of halogens is 1. The van der Waals surface area contributed by atoms with Gasteiger partial charge in [0.15, 0.2) is 0 Å². The SMILES string of the molecule is Cc1nc(Cl)nc(N(C)[C]=O)n1. The summed E-state index contributed by atoms with van der Waals surface area (Å²) in [5, 5.41) is 0.0691. The Labute approximate surface area is 74.4 Å². The molecule has 0 aliphatic heterocycles. The molecule has 0 unspecified atom stereocenters. The van der Waals surface area contributed by atoms with E-state index in [4.69, 9.17) is 11.6 Å².